The van der Waals surface area contributed by atoms with Gasteiger partial charge in [0.1, 0.15) is 0 Å². The van der Waals surface area contributed by atoms with Crippen LogP contribution in [-0.2, 0) is 24.2 Å². The van der Waals surface area contributed by atoms with Gasteiger partial charge in [0, 0.05) is 31.9 Å². The molecular weight excluding hydrogens is 292 g/mol. The summed E-state index contributed by atoms with van der Waals surface area (Å²) in [5.74, 6) is -0.863. The molecule has 1 aromatic carbocycles. The average molecular weight is 310 g/mol. The van der Waals surface area contributed by atoms with Gasteiger partial charge in [-0.1, -0.05) is 30.3 Å². The van der Waals surface area contributed by atoms with E-state index in [1.807, 2.05) is 30.3 Å². The van der Waals surface area contributed by atoms with Gasteiger partial charge in [0.25, 0.3) is 0 Å². The number of carbonyl (C=O) groups excluding carboxylic acids is 1. The Morgan fingerprint density at radius 2 is 1.96 bits per heavy atom. The van der Waals surface area contributed by atoms with Gasteiger partial charge in [-0.05, 0) is 29.5 Å². The lowest BCUT2D eigenvalue weighted by atomic mass is 9.96. The summed E-state index contributed by atoms with van der Waals surface area (Å²) in [5, 5.41) is 9.21. The van der Waals surface area contributed by atoms with Crippen LogP contribution in [0.3, 0.4) is 0 Å². The van der Waals surface area contributed by atoms with Crippen molar-refractivity contribution in [2.75, 3.05) is 6.54 Å². The minimum atomic E-state index is -0.960. The van der Waals surface area contributed by atoms with Crippen LogP contribution in [0.25, 0.3) is 0 Å². The van der Waals surface area contributed by atoms with Crippen molar-refractivity contribution in [2.45, 2.75) is 25.8 Å². The summed E-state index contributed by atoms with van der Waals surface area (Å²) in [6.45, 7) is 1.00. The number of rotatable bonds is 4. The third-order valence-corrected chi connectivity index (χ3v) is 4.19. The predicted molar refractivity (Wildman–Crippen MR) is 85.1 cm³/mol. The third-order valence-electron chi connectivity index (χ3n) is 4.19. The molecule has 3 rings (SSSR count). The average Bonchev–Trinajstić information content (AvgIpc) is 2.59. The quantitative estimate of drug-likeness (QED) is 0.940. The number of carboxylic acids is 1. The van der Waals surface area contributed by atoms with Gasteiger partial charge in [-0.2, -0.15) is 0 Å². The van der Waals surface area contributed by atoms with E-state index in [0.29, 0.717) is 25.9 Å². The monoisotopic (exact) mass is 310 g/mol. The fraction of sp³-hybridized carbons (Fsp3) is 0.278. The molecule has 1 N–H and O–H groups in total. The Labute approximate surface area is 134 Å². The van der Waals surface area contributed by atoms with Crippen LogP contribution in [0.1, 0.15) is 33.5 Å². The van der Waals surface area contributed by atoms with Crippen LogP contribution in [0.2, 0.25) is 0 Å². The van der Waals surface area contributed by atoms with Crippen LogP contribution >= 0.6 is 0 Å². The van der Waals surface area contributed by atoms with Crippen LogP contribution in [0.4, 0.5) is 0 Å². The number of carboxylic acid groups (broad SMARTS) is 1. The zero-order valence-electron chi connectivity index (χ0n) is 12.7. The largest absolute Gasteiger partial charge is 0.478 e. The Hall–Kier alpha value is -2.69. The Morgan fingerprint density at radius 1 is 1.17 bits per heavy atom. The molecule has 0 atom stereocenters. The predicted octanol–water partition coefficient (Wildman–Crippen LogP) is 2.30. The van der Waals surface area contributed by atoms with Gasteiger partial charge in [-0.25, -0.2) is 4.79 Å². The van der Waals surface area contributed by atoms with Gasteiger partial charge in [0.2, 0.25) is 5.91 Å². The van der Waals surface area contributed by atoms with Crippen molar-refractivity contribution >= 4 is 11.9 Å². The fourth-order valence-corrected chi connectivity index (χ4v) is 2.94. The number of pyridine rings is 1. The number of nitrogens with zero attached hydrogens (tertiary/aromatic N) is 2. The number of hydrogen-bond donors (Lipinski definition) is 1. The highest BCUT2D eigenvalue weighted by molar-refractivity contribution is 5.89. The fourth-order valence-electron chi connectivity index (χ4n) is 2.94. The van der Waals surface area contributed by atoms with Gasteiger partial charge in [0.15, 0.2) is 0 Å². The lowest BCUT2D eigenvalue weighted by Crippen LogP contribution is -2.36. The molecule has 5 heteroatoms. The minimum absolute atomic E-state index is 0.0974. The second kappa shape index (κ2) is 6.60. The van der Waals surface area contributed by atoms with Crippen molar-refractivity contribution in [3.05, 3.63) is 65.0 Å². The van der Waals surface area contributed by atoms with E-state index in [2.05, 4.69) is 4.98 Å². The van der Waals surface area contributed by atoms with Gasteiger partial charge in [0.05, 0.1) is 5.56 Å². The van der Waals surface area contributed by atoms with Crippen molar-refractivity contribution in [1.82, 2.24) is 9.88 Å². The van der Waals surface area contributed by atoms with Crippen LogP contribution < -0.4 is 0 Å². The molecule has 0 fully saturated rings. The number of fused-ring (bicyclic) bond motifs is 1. The van der Waals surface area contributed by atoms with Crippen molar-refractivity contribution in [3.63, 3.8) is 0 Å². The lowest BCUT2D eigenvalue weighted by molar-refractivity contribution is -0.132. The molecule has 5 nitrogen and oxygen atoms in total. The molecule has 0 spiro atoms. The summed E-state index contributed by atoms with van der Waals surface area (Å²) >= 11 is 0. The van der Waals surface area contributed by atoms with Crippen LogP contribution in [0, 0.1) is 0 Å². The molecule has 118 valence electrons. The Bertz CT molecular complexity index is 728. The summed E-state index contributed by atoms with van der Waals surface area (Å²) in [7, 11) is 0. The van der Waals surface area contributed by atoms with Crippen LogP contribution in [-0.4, -0.2) is 33.4 Å². The summed E-state index contributed by atoms with van der Waals surface area (Å²) in [6, 6.07) is 9.93. The molecule has 2 heterocycles. The number of amides is 1. The standard InChI is InChI=1S/C18H18N2O3/c21-17(7-6-13-4-2-1-3-5-13)20-9-8-15-14(12-20)10-19-11-16(15)18(22)23/h1-5,10-11H,6-9,12H2,(H,22,23). The highest BCUT2D eigenvalue weighted by atomic mass is 16.4. The van der Waals surface area contributed by atoms with E-state index in [1.165, 1.54) is 6.20 Å². The van der Waals surface area contributed by atoms with Gasteiger partial charge in [-0.15, -0.1) is 0 Å². The maximum Gasteiger partial charge on any atom is 0.337 e. The molecule has 1 amide bonds. The number of aryl methyl sites for hydroxylation is 1. The number of aromatic nitrogens is 1. The minimum Gasteiger partial charge on any atom is -0.478 e. The van der Waals surface area contributed by atoms with Crippen LogP contribution in [0.15, 0.2) is 42.7 Å². The maximum absolute atomic E-state index is 12.4. The Balaban J connectivity index is 1.66. The van der Waals surface area contributed by atoms with E-state index in [4.69, 9.17) is 0 Å². The van der Waals surface area contributed by atoms with Gasteiger partial charge in [-0.3, -0.25) is 9.78 Å². The molecule has 0 saturated heterocycles. The SMILES string of the molecule is O=C(O)c1cncc2c1CCN(C(=O)CCc1ccccc1)C2. The second-order valence-electron chi connectivity index (χ2n) is 5.68. The molecule has 23 heavy (non-hydrogen) atoms. The first-order chi connectivity index (χ1) is 11.1. The summed E-state index contributed by atoms with van der Waals surface area (Å²) < 4.78 is 0. The maximum atomic E-state index is 12.4. The van der Waals surface area contributed by atoms with E-state index in [-0.39, 0.29) is 11.5 Å². The van der Waals surface area contributed by atoms with Crippen molar-refractivity contribution in [3.8, 4) is 0 Å². The number of aromatic carboxylic acids is 1. The molecule has 0 aliphatic carbocycles. The van der Waals surface area contributed by atoms with Crippen molar-refractivity contribution in [2.24, 2.45) is 0 Å². The number of hydrogen-bond acceptors (Lipinski definition) is 3. The third kappa shape index (κ3) is 3.39. The van der Waals surface area contributed by atoms with Crippen molar-refractivity contribution < 1.29 is 14.7 Å². The van der Waals surface area contributed by atoms with Crippen LogP contribution in [0.5, 0.6) is 0 Å². The van der Waals surface area contributed by atoms with E-state index >= 15 is 0 Å². The Morgan fingerprint density at radius 3 is 2.70 bits per heavy atom. The number of carbonyl (C=O) groups is 2. The van der Waals surface area contributed by atoms with Gasteiger partial charge >= 0.3 is 5.97 Å². The Kier molecular flexibility index (Phi) is 4.37. The summed E-state index contributed by atoms with van der Waals surface area (Å²) in [6.07, 6.45) is 4.80. The first-order valence-corrected chi connectivity index (χ1v) is 7.66. The molecule has 0 saturated carbocycles. The smallest absolute Gasteiger partial charge is 0.337 e. The van der Waals surface area contributed by atoms with E-state index in [0.717, 1.165) is 23.1 Å². The topological polar surface area (TPSA) is 70.5 Å². The van der Waals surface area contributed by atoms with E-state index < -0.39 is 5.97 Å². The number of benzene rings is 1. The molecule has 2 aromatic rings. The summed E-state index contributed by atoms with van der Waals surface area (Å²) in [4.78, 5) is 29.4. The lowest BCUT2D eigenvalue weighted by Gasteiger charge is -2.29. The zero-order chi connectivity index (χ0) is 16.2. The first-order valence-electron chi connectivity index (χ1n) is 7.66. The van der Waals surface area contributed by atoms with E-state index in [9.17, 15) is 14.7 Å². The normalized spacial score (nSPS) is 13.5. The van der Waals surface area contributed by atoms with Crippen molar-refractivity contribution in [1.29, 1.82) is 0 Å². The summed E-state index contributed by atoms with van der Waals surface area (Å²) in [5.41, 5.74) is 3.04. The molecule has 0 unspecified atom stereocenters. The molecular formula is C18H18N2O3. The molecule has 1 aliphatic heterocycles. The molecule has 0 radical (unpaired) electrons. The molecule has 1 aromatic heterocycles. The second-order valence-corrected chi connectivity index (χ2v) is 5.68. The highest BCUT2D eigenvalue weighted by Crippen LogP contribution is 2.22. The van der Waals surface area contributed by atoms with Gasteiger partial charge < -0.3 is 10.0 Å². The highest BCUT2D eigenvalue weighted by Gasteiger charge is 2.24. The first kappa shape index (κ1) is 15.2. The zero-order valence-corrected chi connectivity index (χ0v) is 12.7. The molecule has 1 aliphatic rings. The molecule has 0 bridgehead atoms. The van der Waals surface area contributed by atoms with E-state index in [1.54, 1.807) is 11.1 Å².